The first-order valence-electron chi connectivity index (χ1n) is 6.27. The number of carbonyl (C=O) groups is 1. The van der Waals surface area contributed by atoms with Gasteiger partial charge in [-0.05, 0) is 33.2 Å². The highest BCUT2D eigenvalue weighted by atomic mass is 16.6. The monoisotopic (exact) mass is 280 g/mol. The summed E-state index contributed by atoms with van der Waals surface area (Å²) >= 11 is 0. The van der Waals surface area contributed by atoms with Crippen LogP contribution in [0.3, 0.4) is 0 Å². The van der Waals surface area contributed by atoms with Crippen molar-refractivity contribution in [3.63, 3.8) is 0 Å². The van der Waals surface area contributed by atoms with Crippen LogP contribution in [0.5, 0.6) is 0 Å². The minimum atomic E-state index is -0.462. The standard InChI is InChI=1S/C13H20N4O3/c1-9(16(3)4)8-15-11-7-10(13(18)14-2)5-6-12(11)17(19)20/h5-7,9,15H,8H2,1-4H3,(H,14,18). The molecule has 1 unspecified atom stereocenters. The van der Waals surface area contributed by atoms with Crippen molar-refractivity contribution < 1.29 is 9.72 Å². The van der Waals surface area contributed by atoms with Gasteiger partial charge in [-0.2, -0.15) is 0 Å². The molecule has 1 amide bonds. The Kier molecular flexibility index (Phi) is 5.45. The Morgan fingerprint density at radius 2 is 2.10 bits per heavy atom. The molecule has 20 heavy (non-hydrogen) atoms. The maximum absolute atomic E-state index is 11.6. The summed E-state index contributed by atoms with van der Waals surface area (Å²) < 4.78 is 0. The van der Waals surface area contributed by atoms with Crippen molar-refractivity contribution in [1.29, 1.82) is 0 Å². The Morgan fingerprint density at radius 1 is 1.45 bits per heavy atom. The molecule has 0 aliphatic rings. The van der Waals surface area contributed by atoms with Crippen LogP contribution < -0.4 is 10.6 Å². The maximum Gasteiger partial charge on any atom is 0.292 e. The third kappa shape index (κ3) is 3.92. The molecule has 110 valence electrons. The summed E-state index contributed by atoms with van der Waals surface area (Å²) in [6.45, 7) is 2.55. The quantitative estimate of drug-likeness (QED) is 0.606. The lowest BCUT2D eigenvalue weighted by atomic mass is 10.1. The number of rotatable bonds is 6. The van der Waals surface area contributed by atoms with Gasteiger partial charge in [0.05, 0.1) is 4.92 Å². The van der Waals surface area contributed by atoms with Crippen LogP contribution in [0.1, 0.15) is 17.3 Å². The van der Waals surface area contributed by atoms with Crippen LogP contribution in [0, 0.1) is 10.1 Å². The Balaban J connectivity index is 3.00. The number of nitro benzene ring substituents is 1. The van der Waals surface area contributed by atoms with Crippen LogP contribution in [-0.2, 0) is 0 Å². The van der Waals surface area contributed by atoms with Crippen LogP contribution in [0.2, 0.25) is 0 Å². The van der Waals surface area contributed by atoms with Crippen LogP contribution in [0.4, 0.5) is 11.4 Å². The highest BCUT2D eigenvalue weighted by molar-refractivity contribution is 5.95. The lowest BCUT2D eigenvalue weighted by Gasteiger charge is -2.20. The Morgan fingerprint density at radius 3 is 2.60 bits per heavy atom. The van der Waals surface area contributed by atoms with Gasteiger partial charge in [0.1, 0.15) is 5.69 Å². The van der Waals surface area contributed by atoms with E-state index in [1.54, 1.807) is 0 Å². The Hall–Kier alpha value is -2.15. The van der Waals surface area contributed by atoms with Crippen molar-refractivity contribution in [2.24, 2.45) is 0 Å². The first-order chi connectivity index (χ1) is 9.36. The molecule has 0 aliphatic carbocycles. The molecule has 0 radical (unpaired) electrons. The van der Waals surface area contributed by atoms with Gasteiger partial charge in [-0.3, -0.25) is 14.9 Å². The van der Waals surface area contributed by atoms with Crippen molar-refractivity contribution in [2.45, 2.75) is 13.0 Å². The first-order valence-corrected chi connectivity index (χ1v) is 6.27. The minimum Gasteiger partial charge on any atom is -0.378 e. The van der Waals surface area contributed by atoms with E-state index in [1.807, 2.05) is 25.9 Å². The molecule has 1 aromatic rings. The van der Waals surface area contributed by atoms with Crippen molar-refractivity contribution in [3.8, 4) is 0 Å². The molecule has 0 bridgehead atoms. The third-order valence-corrected chi connectivity index (χ3v) is 3.15. The van der Waals surface area contributed by atoms with E-state index in [0.717, 1.165) is 0 Å². The van der Waals surface area contributed by atoms with E-state index in [1.165, 1.54) is 25.2 Å². The summed E-state index contributed by atoms with van der Waals surface area (Å²) in [6, 6.07) is 4.49. The number of nitrogens with one attached hydrogen (secondary N) is 2. The number of nitrogens with zero attached hydrogens (tertiary/aromatic N) is 2. The van der Waals surface area contributed by atoms with Gasteiger partial charge in [0.15, 0.2) is 0 Å². The van der Waals surface area contributed by atoms with Crippen molar-refractivity contribution in [3.05, 3.63) is 33.9 Å². The smallest absolute Gasteiger partial charge is 0.292 e. The molecular formula is C13H20N4O3. The summed E-state index contributed by atoms with van der Waals surface area (Å²) in [5.74, 6) is -0.274. The molecule has 1 atom stereocenters. The van der Waals surface area contributed by atoms with E-state index in [9.17, 15) is 14.9 Å². The fourth-order valence-electron chi connectivity index (χ4n) is 1.56. The average molecular weight is 280 g/mol. The molecule has 0 heterocycles. The largest absolute Gasteiger partial charge is 0.378 e. The maximum atomic E-state index is 11.6. The van der Waals surface area contributed by atoms with Gasteiger partial charge < -0.3 is 15.5 Å². The SMILES string of the molecule is CNC(=O)c1ccc([N+](=O)[O-])c(NCC(C)N(C)C)c1. The van der Waals surface area contributed by atoms with Gasteiger partial charge in [-0.1, -0.05) is 0 Å². The van der Waals surface area contributed by atoms with Gasteiger partial charge in [-0.25, -0.2) is 0 Å². The number of hydrogen-bond donors (Lipinski definition) is 2. The lowest BCUT2D eigenvalue weighted by Crippen LogP contribution is -2.31. The summed E-state index contributed by atoms with van der Waals surface area (Å²) in [4.78, 5) is 24.1. The van der Waals surface area contributed by atoms with Crippen LogP contribution in [0.25, 0.3) is 0 Å². The zero-order valence-corrected chi connectivity index (χ0v) is 12.1. The van der Waals surface area contributed by atoms with Crippen LogP contribution >= 0.6 is 0 Å². The van der Waals surface area contributed by atoms with E-state index >= 15 is 0 Å². The predicted octanol–water partition coefficient (Wildman–Crippen LogP) is 1.32. The van der Waals surface area contributed by atoms with E-state index in [4.69, 9.17) is 0 Å². The Bertz CT molecular complexity index is 502. The zero-order chi connectivity index (χ0) is 15.3. The van der Waals surface area contributed by atoms with E-state index in [2.05, 4.69) is 10.6 Å². The molecule has 0 saturated carbocycles. The molecule has 1 aromatic carbocycles. The highest BCUT2D eigenvalue weighted by Gasteiger charge is 2.17. The third-order valence-electron chi connectivity index (χ3n) is 3.15. The second kappa shape index (κ2) is 6.85. The molecule has 0 saturated heterocycles. The highest BCUT2D eigenvalue weighted by Crippen LogP contribution is 2.25. The molecule has 0 fully saturated rings. The first kappa shape index (κ1) is 15.9. The van der Waals surface area contributed by atoms with Gasteiger partial charge in [0.2, 0.25) is 0 Å². The normalized spacial score (nSPS) is 12.1. The summed E-state index contributed by atoms with van der Waals surface area (Å²) in [7, 11) is 5.38. The second-order valence-corrected chi connectivity index (χ2v) is 4.76. The van der Waals surface area contributed by atoms with Crippen LogP contribution in [-0.4, -0.2) is 49.5 Å². The van der Waals surface area contributed by atoms with Gasteiger partial charge in [0, 0.05) is 31.3 Å². The fraction of sp³-hybridized carbons (Fsp3) is 0.462. The fourth-order valence-corrected chi connectivity index (χ4v) is 1.56. The minimum absolute atomic E-state index is 0.0383. The Labute approximate surface area is 118 Å². The van der Waals surface area contributed by atoms with Crippen molar-refractivity contribution >= 4 is 17.3 Å². The molecule has 2 N–H and O–H groups in total. The average Bonchev–Trinajstić information content (AvgIpc) is 2.43. The number of likely N-dealkylation sites (N-methyl/N-ethyl adjacent to an activating group) is 1. The number of nitro groups is 1. The molecule has 1 rings (SSSR count). The van der Waals surface area contributed by atoms with E-state index in [0.29, 0.717) is 17.8 Å². The van der Waals surface area contributed by atoms with Gasteiger partial charge in [-0.15, -0.1) is 0 Å². The number of carbonyl (C=O) groups excluding carboxylic acids is 1. The topological polar surface area (TPSA) is 87.5 Å². The zero-order valence-electron chi connectivity index (χ0n) is 12.1. The lowest BCUT2D eigenvalue weighted by molar-refractivity contribution is -0.384. The number of anilines is 1. The number of amides is 1. The van der Waals surface area contributed by atoms with Crippen LogP contribution in [0.15, 0.2) is 18.2 Å². The predicted molar refractivity (Wildman–Crippen MR) is 78.1 cm³/mol. The molecule has 0 spiro atoms. The molecular weight excluding hydrogens is 260 g/mol. The summed E-state index contributed by atoms with van der Waals surface area (Å²) in [5.41, 5.74) is 0.700. The molecule has 7 heteroatoms. The summed E-state index contributed by atoms with van der Waals surface area (Å²) in [5, 5.41) is 16.5. The van der Waals surface area contributed by atoms with Crippen molar-refractivity contribution in [2.75, 3.05) is 33.0 Å². The molecule has 7 nitrogen and oxygen atoms in total. The molecule has 0 aliphatic heterocycles. The number of benzene rings is 1. The molecule has 0 aromatic heterocycles. The van der Waals surface area contributed by atoms with E-state index in [-0.39, 0.29) is 17.6 Å². The second-order valence-electron chi connectivity index (χ2n) is 4.76. The number of hydrogen-bond acceptors (Lipinski definition) is 5. The van der Waals surface area contributed by atoms with Crippen molar-refractivity contribution in [1.82, 2.24) is 10.2 Å². The van der Waals surface area contributed by atoms with Gasteiger partial charge >= 0.3 is 0 Å². The summed E-state index contributed by atoms with van der Waals surface area (Å²) in [6.07, 6.45) is 0. The van der Waals surface area contributed by atoms with E-state index < -0.39 is 4.92 Å². The van der Waals surface area contributed by atoms with Gasteiger partial charge in [0.25, 0.3) is 11.6 Å².